The summed E-state index contributed by atoms with van der Waals surface area (Å²) >= 11 is 9.78. The summed E-state index contributed by atoms with van der Waals surface area (Å²) in [5.41, 5.74) is 1.09. The first-order chi connectivity index (χ1) is 16.3. The molecule has 2 heterocycles. The number of nitriles is 1. The number of furan rings is 1. The van der Waals surface area contributed by atoms with Crippen LogP contribution in [0.1, 0.15) is 15.9 Å². The average Bonchev–Trinajstić information content (AvgIpc) is 3.19. The van der Waals surface area contributed by atoms with Crippen LogP contribution < -0.4 is 10.9 Å². The third-order valence-electron chi connectivity index (χ3n) is 5.11. The molecule has 0 aliphatic carbocycles. The minimum Gasteiger partial charge on any atom is -0.449 e. The number of nitrogens with zero attached hydrogens (tertiary/aromatic N) is 2. The van der Waals surface area contributed by atoms with Gasteiger partial charge in [0.25, 0.3) is 11.5 Å². The zero-order valence-corrected chi connectivity index (χ0v) is 19.3. The Labute approximate surface area is 203 Å². The summed E-state index contributed by atoms with van der Waals surface area (Å²) in [6.45, 7) is 0. The number of hydrogen-bond acceptors (Lipinski definition) is 5. The molecule has 0 atom stereocenters. The lowest BCUT2D eigenvalue weighted by molar-refractivity contribution is 0.102. The van der Waals surface area contributed by atoms with E-state index in [9.17, 15) is 14.0 Å². The highest BCUT2D eigenvalue weighted by Gasteiger charge is 2.17. The number of benzene rings is 3. The normalized spacial score (nSPS) is 11.0. The molecule has 0 unspecified atom stereocenters. The Morgan fingerprint density at radius 1 is 1.18 bits per heavy atom. The smallest absolute Gasteiger partial charge is 0.294 e. The molecular weight excluding hydrogens is 527 g/mol. The average molecular weight is 538 g/mol. The molecule has 166 valence electrons. The van der Waals surface area contributed by atoms with E-state index in [4.69, 9.17) is 21.3 Å². The zero-order chi connectivity index (χ0) is 24.0. The quantitative estimate of drug-likeness (QED) is 0.292. The monoisotopic (exact) mass is 536 g/mol. The molecule has 10 heteroatoms. The van der Waals surface area contributed by atoms with Crippen molar-refractivity contribution in [3.05, 3.63) is 91.4 Å². The van der Waals surface area contributed by atoms with E-state index in [1.807, 2.05) is 0 Å². The molecule has 0 fully saturated rings. The Hall–Kier alpha value is -4.00. The third kappa shape index (κ3) is 3.83. The molecule has 0 spiro atoms. The Balaban J connectivity index is 1.56. The van der Waals surface area contributed by atoms with Crippen LogP contribution in [0.25, 0.3) is 33.5 Å². The van der Waals surface area contributed by atoms with Gasteiger partial charge in [0, 0.05) is 26.7 Å². The molecule has 34 heavy (non-hydrogen) atoms. The summed E-state index contributed by atoms with van der Waals surface area (Å²) in [5, 5.41) is 12.6. The van der Waals surface area contributed by atoms with E-state index in [0.717, 1.165) is 16.6 Å². The second-order valence-corrected chi connectivity index (χ2v) is 8.61. The van der Waals surface area contributed by atoms with Crippen LogP contribution in [-0.4, -0.2) is 15.9 Å². The third-order valence-corrected chi connectivity index (χ3v) is 5.94. The highest BCUT2D eigenvalue weighted by atomic mass is 79.9. The van der Waals surface area contributed by atoms with E-state index in [1.165, 1.54) is 6.07 Å². The maximum atomic E-state index is 13.6. The van der Waals surface area contributed by atoms with Gasteiger partial charge in [-0.1, -0.05) is 27.5 Å². The van der Waals surface area contributed by atoms with Crippen molar-refractivity contribution in [2.24, 2.45) is 0 Å². The lowest BCUT2D eigenvalue weighted by Gasteiger charge is -2.09. The van der Waals surface area contributed by atoms with E-state index in [0.29, 0.717) is 32.8 Å². The number of halogens is 3. The van der Waals surface area contributed by atoms with Gasteiger partial charge in [0.1, 0.15) is 28.8 Å². The molecule has 5 rings (SSSR count). The van der Waals surface area contributed by atoms with Gasteiger partial charge in [0.2, 0.25) is 5.58 Å². The maximum Gasteiger partial charge on any atom is 0.294 e. The highest BCUT2D eigenvalue weighted by molar-refractivity contribution is 9.10. The second-order valence-electron chi connectivity index (χ2n) is 7.29. The van der Waals surface area contributed by atoms with Gasteiger partial charge in [-0.2, -0.15) is 5.26 Å². The predicted molar refractivity (Wildman–Crippen MR) is 129 cm³/mol. The molecule has 2 N–H and O–H groups in total. The molecule has 0 radical (unpaired) electrons. The molecule has 0 saturated heterocycles. The topological polar surface area (TPSA) is 112 Å². The molecule has 0 saturated carbocycles. The van der Waals surface area contributed by atoms with E-state index in [1.54, 1.807) is 42.5 Å². The predicted octanol–water partition coefficient (Wildman–Crippen LogP) is 6.02. The molecule has 3 aromatic carbocycles. The van der Waals surface area contributed by atoms with Crippen LogP contribution in [0.3, 0.4) is 0 Å². The van der Waals surface area contributed by atoms with Gasteiger partial charge >= 0.3 is 0 Å². The fraction of sp³-hybridized carbons (Fsp3) is 0. The number of hydrogen-bond donors (Lipinski definition) is 2. The Morgan fingerprint density at radius 3 is 2.79 bits per heavy atom. The fourth-order valence-electron chi connectivity index (χ4n) is 3.49. The lowest BCUT2D eigenvalue weighted by Crippen LogP contribution is -2.13. The van der Waals surface area contributed by atoms with Crippen molar-refractivity contribution >= 4 is 61.2 Å². The van der Waals surface area contributed by atoms with Gasteiger partial charge in [-0.15, -0.1) is 0 Å². The maximum absolute atomic E-state index is 13.6. The number of nitrogens with one attached hydrogen (secondary N) is 2. The van der Waals surface area contributed by atoms with Crippen LogP contribution in [0.2, 0.25) is 5.02 Å². The summed E-state index contributed by atoms with van der Waals surface area (Å²) < 4.78 is 20.0. The summed E-state index contributed by atoms with van der Waals surface area (Å²) in [6.07, 6.45) is 0. The molecule has 7 nitrogen and oxygen atoms in total. The number of amides is 1. The zero-order valence-electron chi connectivity index (χ0n) is 16.9. The number of fused-ring (bicyclic) bond motifs is 3. The first kappa shape index (κ1) is 21.8. The first-order valence-corrected chi connectivity index (χ1v) is 10.9. The molecule has 5 aromatic rings. The number of H-pyrrole nitrogens is 1. The van der Waals surface area contributed by atoms with Gasteiger partial charge in [0.15, 0.2) is 0 Å². The minimum atomic E-state index is -0.711. The van der Waals surface area contributed by atoms with Gasteiger partial charge in [-0.3, -0.25) is 9.59 Å². The van der Waals surface area contributed by atoms with E-state index < -0.39 is 17.3 Å². The van der Waals surface area contributed by atoms with Crippen LogP contribution in [0.15, 0.2) is 68.3 Å². The number of carbonyl (C=O) groups is 1. The van der Waals surface area contributed by atoms with Gasteiger partial charge in [0.05, 0.1) is 10.6 Å². The van der Waals surface area contributed by atoms with Crippen LogP contribution in [0, 0.1) is 17.1 Å². The van der Waals surface area contributed by atoms with Crippen molar-refractivity contribution < 1.29 is 13.6 Å². The van der Waals surface area contributed by atoms with E-state index in [-0.39, 0.29) is 22.5 Å². The summed E-state index contributed by atoms with van der Waals surface area (Å²) in [4.78, 5) is 32.6. The number of anilines is 1. The van der Waals surface area contributed by atoms with E-state index in [2.05, 4.69) is 31.2 Å². The van der Waals surface area contributed by atoms with Crippen LogP contribution in [0.4, 0.5) is 10.1 Å². The largest absolute Gasteiger partial charge is 0.449 e. The minimum absolute atomic E-state index is 0.0852. The molecule has 0 bridgehead atoms. The Kier molecular flexibility index (Phi) is 5.40. The van der Waals surface area contributed by atoms with Gasteiger partial charge in [-0.25, -0.2) is 9.37 Å². The van der Waals surface area contributed by atoms with Crippen molar-refractivity contribution in [2.45, 2.75) is 0 Å². The SMILES string of the molecule is N#Cc1cc(C(=O)Nc2ccc(Cl)c(-c3nc4c(oc5ccc(Br)cc54)c(=O)[nH]3)c2)ccc1F. The lowest BCUT2D eigenvalue weighted by atomic mass is 10.1. The Morgan fingerprint density at radius 2 is 2.00 bits per heavy atom. The number of aromatic amines is 1. The van der Waals surface area contributed by atoms with Crippen molar-refractivity contribution in [1.82, 2.24) is 9.97 Å². The van der Waals surface area contributed by atoms with Crippen molar-refractivity contribution in [3.8, 4) is 17.5 Å². The van der Waals surface area contributed by atoms with Crippen molar-refractivity contribution in [1.29, 1.82) is 5.26 Å². The summed E-state index contributed by atoms with van der Waals surface area (Å²) in [6, 6.07) is 15.2. The molecule has 1 amide bonds. The van der Waals surface area contributed by atoms with Gasteiger partial charge < -0.3 is 14.7 Å². The molecule has 0 aliphatic heterocycles. The molecule has 2 aromatic heterocycles. The van der Waals surface area contributed by atoms with Crippen LogP contribution >= 0.6 is 27.5 Å². The molecular formula is C24H11BrClFN4O3. The van der Waals surface area contributed by atoms with Crippen molar-refractivity contribution in [3.63, 3.8) is 0 Å². The summed E-state index contributed by atoms with van der Waals surface area (Å²) in [5.74, 6) is -1.07. The number of aromatic nitrogens is 2. The van der Waals surface area contributed by atoms with Crippen LogP contribution in [-0.2, 0) is 0 Å². The molecule has 0 aliphatic rings. The summed E-state index contributed by atoms with van der Waals surface area (Å²) in [7, 11) is 0. The van der Waals surface area contributed by atoms with E-state index >= 15 is 0 Å². The standard InChI is InChI=1S/C24H11BrClFN4O3/c25-13-2-6-19-16(8-13)20-21(34-19)24(33)31-22(30-20)15-9-14(3-4-17(15)26)29-23(32)11-1-5-18(27)12(7-11)10-28/h1-9H,(H,29,32)(H,30,31,33). The van der Waals surface area contributed by atoms with Crippen LogP contribution in [0.5, 0.6) is 0 Å². The first-order valence-electron chi connectivity index (χ1n) is 9.77. The Bertz CT molecular complexity index is 1740. The number of carbonyl (C=O) groups excluding carboxylic acids is 1. The van der Waals surface area contributed by atoms with Crippen molar-refractivity contribution in [2.75, 3.05) is 5.32 Å². The second kappa shape index (κ2) is 8.41. The fourth-order valence-corrected chi connectivity index (χ4v) is 4.06. The highest BCUT2D eigenvalue weighted by Crippen LogP contribution is 2.32. The van der Waals surface area contributed by atoms with Gasteiger partial charge in [-0.05, 0) is 54.6 Å². The number of rotatable bonds is 3.